The van der Waals surface area contributed by atoms with Crippen LogP contribution in [0.2, 0.25) is 0 Å². The molecule has 0 bridgehead atoms. The van der Waals surface area contributed by atoms with Crippen molar-refractivity contribution in [2.24, 2.45) is 11.7 Å². The van der Waals surface area contributed by atoms with Gasteiger partial charge in [-0.1, -0.05) is 0 Å². The summed E-state index contributed by atoms with van der Waals surface area (Å²) in [4.78, 5) is 49.4. The summed E-state index contributed by atoms with van der Waals surface area (Å²) in [6.07, 6.45) is 1.22. The molecule has 9 nitrogen and oxygen atoms in total. The molecule has 132 valence electrons. The number of nitro groups is 1. The highest BCUT2D eigenvalue weighted by Crippen LogP contribution is 2.29. The molecule has 2 N–H and O–H groups in total. The lowest BCUT2D eigenvalue weighted by atomic mass is 9.95. The number of primary amides is 1. The zero-order chi connectivity index (χ0) is 18.1. The van der Waals surface area contributed by atoms with Gasteiger partial charge in [-0.2, -0.15) is 0 Å². The molecule has 9 heteroatoms. The number of rotatable bonds is 4. The van der Waals surface area contributed by atoms with Gasteiger partial charge >= 0.3 is 0 Å². The molecule has 3 rings (SSSR count). The van der Waals surface area contributed by atoms with Crippen LogP contribution in [0.5, 0.6) is 0 Å². The number of nitrogens with two attached hydrogens (primary N) is 1. The van der Waals surface area contributed by atoms with Crippen molar-refractivity contribution >= 4 is 29.1 Å². The number of carbonyl (C=O) groups excluding carboxylic acids is 3. The molecule has 2 saturated heterocycles. The van der Waals surface area contributed by atoms with Gasteiger partial charge in [0.25, 0.3) is 11.6 Å². The monoisotopic (exact) mass is 346 g/mol. The predicted molar refractivity (Wildman–Crippen MR) is 87.5 cm³/mol. The summed E-state index contributed by atoms with van der Waals surface area (Å²) < 4.78 is 0. The smallest absolute Gasteiger partial charge is 0.269 e. The number of non-ortho nitro benzene ring substituents is 1. The van der Waals surface area contributed by atoms with E-state index in [0.29, 0.717) is 31.6 Å². The first-order valence-corrected chi connectivity index (χ1v) is 8.03. The zero-order valence-corrected chi connectivity index (χ0v) is 13.5. The van der Waals surface area contributed by atoms with Crippen LogP contribution >= 0.6 is 0 Å². The Bertz CT molecular complexity index is 725. The van der Waals surface area contributed by atoms with Gasteiger partial charge in [0, 0.05) is 18.1 Å². The molecule has 0 radical (unpaired) electrons. The maximum Gasteiger partial charge on any atom is 0.269 e. The van der Waals surface area contributed by atoms with Crippen LogP contribution in [0.25, 0.3) is 0 Å². The van der Waals surface area contributed by atoms with Gasteiger partial charge in [0.15, 0.2) is 0 Å². The summed E-state index contributed by atoms with van der Waals surface area (Å²) in [6.45, 7) is 1.07. The van der Waals surface area contributed by atoms with Gasteiger partial charge < -0.3 is 5.73 Å². The minimum atomic E-state index is -0.559. The van der Waals surface area contributed by atoms with Crippen LogP contribution in [0, 0.1) is 16.0 Å². The Balaban J connectivity index is 1.72. The Morgan fingerprint density at radius 3 is 2.28 bits per heavy atom. The quantitative estimate of drug-likeness (QED) is 0.478. The van der Waals surface area contributed by atoms with Crippen molar-refractivity contribution in [1.29, 1.82) is 0 Å². The Kier molecular flexibility index (Phi) is 4.49. The number of nitro benzene ring substituents is 1. The van der Waals surface area contributed by atoms with E-state index in [-0.39, 0.29) is 35.7 Å². The lowest BCUT2D eigenvalue weighted by Crippen LogP contribution is -2.47. The van der Waals surface area contributed by atoms with E-state index in [1.807, 2.05) is 4.90 Å². The van der Waals surface area contributed by atoms with E-state index in [1.54, 1.807) is 0 Å². The third-order valence-electron chi connectivity index (χ3n) is 4.81. The normalized spacial score (nSPS) is 22.4. The molecule has 1 aromatic carbocycles. The first kappa shape index (κ1) is 17.0. The van der Waals surface area contributed by atoms with Gasteiger partial charge in [-0.05, 0) is 38.1 Å². The minimum Gasteiger partial charge on any atom is -0.369 e. The van der Waals surface area contributed by atoms with Crippen molar-refractivity contribution in [3.8, 4) is 0 Å². The van der Waals surface area contributed by atoms with Crippen LogP contribution in [-0.2, 0) is 14.4 Å². The largest absolute Gasteiger partial charge is 0.369 e. The second-order valence-corrected chi connectivity index (χ2v) is 6.27. The molecule has 3 amide bonds. The van der Waals surface area contributed by atoms with E-state index in [4.69, 9.17) is 5.73 Å². The Hall–Kier alpha value is -2.81. The lowest BCUT2D eigenvalue weighted by Gasteiger charge is -2.33. The average molecular weight is 346 g/mol. The highest BCUT2D eigenvalue weighted by Gasteiger charge is 2.43. The van der Waals surface area contributed by atoms with Gasteiger partial charge in [0.1, 0.15) is 0 Å². The topological polar surface area (TPSA) is 127 Å². The van der Waals surface area contributed by atoms with Crippen LogP contribution < -0.4 is 10.6 Å². The van der Waals surface area contributed by atoms with Crippen molar-refractivity contribution in [2.75, 3.05) is 18.0 Å². The molecule has 2 heterocycles. The molecule has 1 atom stereocenters. The maximum absolute atomic E-state index is 12.7. The fraction of sp³-hybridized carbons (Fsp3) is 0.438. The molecule has 2 fully saturated rings. The Morgan fingerprint density at radius 2 is 1.76 bits per heavy atom. The molecule has 0 saturated carbocycles. The SMILES string of the molecule is NC(=O)C1CCN(C2CC(=O)N(c3ccc([N+](=O)[O-])cc3)C2=O)CC1. The highest BCUT2D eigenvalue weighted by molar-refractivity contribution is 6.22. The summed E-state index contributed by atoms with van der Waals surface area (Å²) in [5.74, 6) is -1.19. The van der Waals surface area contributed by atoms with E-state index in [2.05, 4.69) is 0 Å². The number of carbonyl (C=O) groups is 3. The number of hydrogen-bond donors (Lipinski definition) is 1. The van der Waals surface area contributed by atoms with Crippen molar-refractivity contribution in [3.05, 3.63) is 34.4 Å². The molecule has 0 spiro atoms. The molecule has 2 aliphatic rings. The molecule has 2 aliphatic heterocycles. The van der Waals surface area contributed by atoms with Gasteiger partial charge in [0.05, 0.1) is 23.1 Å². The first-order valence-electron chi connectivity index (χ1n) is 8.03. The Labute approximate surface area is 143 Å². The number of amides is 3. The molecule has 0 aromatic heterocycles. The number of piperidine rings is 1. The fourth-order valence-corrected chi connectivity index (χ4v) is 3.39. The second kappa shape index (κ2) is 6.60. The summed E-state index contributed by atoms with van der Waals surface area (Å²) in [5, 5.41) is 10.7. The van der Waals surface area contributed by atoms with E-state index >= 15 is 0 Å². The third-order valence-corrected chi connectivity index (χ3v) is 4.81. The molecule has 1 aromatic rings. The van der Waals surface area contributed by atoms with Gasteiger partial charge in [-0.25, -0.2) is 4.90 Å². The summed E-state index contributed by atoms with van der Waals surface area (Å²) in [6, 6.07) is 4.77. The molecular formula is C16H18N4O5. The molecule has 25 heavy (non-hydrogen) atoms. The van der Waals surface area contributed by atoms with Crippen LogP contribution in [-0.4, -0.2) is 46.7 Å². The standard InChI is InChI=1S/C16H18N4O5/c17-15(22)10-5-7-18(8-6-10)13-9-14(21)19(16(13)23)11-1-3-12(4-2-11)20(24)25/h1-4,10,13H,5-9H2,(H2,17,22). The highest BCUT2D eigenvalue weighted by atomic mass is 16.6. The average Bonchev–Trinajstić information content (AvgIpc) is 2.89. The number of imide groups is 1. The van der Waals surface area contributed by atoms with Crippen LogP contribution in [0.3, 0.4) is 0 Å². The molecule has 1 unspecified atom stereocenters. The number of benzene rings is 1. The van der Waals surface area contributed by atoms with E-state index < -0.39 is 11.0 Å². The predicted octanol–water partition coefficient (Wildman–Crippen LogP) is 0.424. The van der Waals surface area contributed by atoms with Crippen molar-refractivity contribution < 1.29 is 19.3 Å². The second-order valence-electron chi connectivity index (χ2n) is 6.27. The van der Waals surface area contributed by atoms with Crippen molar-refractivity contribution in [1.82, 2.24) is 4.90 Å². The Morgan fingerprint density at radius 1 is 1.16 bits per heavy atom. The number of anilines is 1. The minimum absolute atomic E-state index is 0.0665. The van der Waals surface area contributed by atoms with Gasteiger partial charge in [-0.3, -0.25) is 29.4 Å². The van der Waals surface area contributed by atoms with E-state index in [0.717, 1.165) is 4.90 Å². The van der Waals surface area contributed by atoms with Crippen LogP contribution in [0.1, 0.15) is 19.3 Å². The zero-order valence-electron chi connectivity index (χ0n) is 13.5. The summed E-state index contributed by atoms with van der Waals surface area (Å²) >= 11 is 0. The number of likely N-dealkylation sites (tertiary alicyclic amines) is 1. The van der Waals surface area contributed by atoms with E-state index in [1.165, 1.54) is 24.3 Å². The molecular weight excluding hydrogens is 328 g/mol. The van der Waals surface area contributed by atoms with Gasteiger partial charge in [0.2, 0.25) is 11.8 Å². The summed E-state index contributed by atoms with van der Waals surface area (Å²) in [5.41, 5.74) is 5.54. The number of hydrogen-bond acceptors (Lipinski definition) is 6. The molecule has 0 aliphatic carbocycles. The summed E-state index contributed by atoms with van der Waals surface area (Å²) in [7, 11) is 0. The lowest BCUT2D eigenvalue weighted by molar-refractivity contribution is -0.384. The van der Waals surface area contributed by atoms with E-state index in [9.17, 15) is 24.5 Å². The third kappa shape index (κ3) is 3.22. The van der Waals surface area contributed by atoms with Gasteiger partial charge in [-0.15, -0.1) is 0 Å². The number of nitrogens with zero attached hydrogens (tertiary/aromatic N) is 3. The van der Waals surface area contributed by atoms with Crippen LogP contribution in [0.15, 0.2) is 24.3 Å². The van der Waals surface area contributed by atoms with Crippen molar-refractivity contribution in [3.63, 3.8) is 0 Å². The van der Waals surface area contributed by atoms with Crippen LogP contribution in [0.4, 0.5) is 11.4 Å². The first-order chi connectivity index (χ1) is 11.9. The maximum atomic E-state index is 12.7. The van der Waals surface area contributed by atoms with Crippen molar-refractivity contribution in [2.45, 2.75) is 25.3 Å². The fourth-order valence-electron chi connectivity index (χ4n) is 3.39.